The number of carbonyl (C=O) groups excluding carboxylic acids is 1. The lowest BCUT2D eigenvalue weighted by Crippen LogP contribution is -2.81. The van der Waals surface area contributed by atoms with Gasteiger partial charge in [-0.05, 0) is 36.5 Å². The van der Waals surface area contributed by atoms with Gasteiger partial charge in [0, 0.05) is 16.5 Å². The molecular formula is C45H25BF20OS. The lowest BCUT2D eigenvalue weighted by Gasteiger charge is -2.44. The maximum absolute atomic E-state index is 15.4. The molecule has 0 N–H and O–H groups in total. The number of hydrogen-bond donors (Lipinski definition) is 0. The molecule has 7 rings (SSSR count). The quantitative estimate of drug-likeness (QED) is 0.0352. The van der Waals surface area contributed by atoms with E-state index in [9.17, 15) is 57.5 Å². The molecule has 0 spiro atoms. The second kappa shape index (κ2) is 19.9. The highest BCUT2D eigenvalue weighted by Gasteiger charge is 2.52. The number of halogens is 20. The summed E-state index contributed by atoms with van der Waals surface area (Å²) in [6, 6.07) is 18.7. The zero-order chi connectivity index (χ0) is 50.4. The average Bonchev–Trinajstić information content (AvgIpc) is 3.34. The summed E-state index contributed by atoms with van der Waals surface area (Å²) in [7, 11) is -0.0267. The number of benzene rings is 6. The highest BCUT2D eigenvalue weighted by atomic mass is 32.2. The normalized spacial score (nSPS) is 13.7. The Morgan fingerprint density at radius 2 is 0.691 bits per heavy atom. The Balaban J connectivity index is 0.000000276. The van der Waals surface area contributed by atoms with Crippen LogP contribution in [-0.4, -0.2) is 23.9 Å². The van der Waals surface area contributed by atoms with Gasteiger partial charge >= 0.3 is 0 Å². The van der Waals surface area contributed by atoms with Crippen LogP contribution in [0.15, 0.2) is 59.5 Å². The van der Waals surface area contributed by atoms with Gasteiger partial charge in [-0.25, -0.2) is 87.8 Å². The van der Waals surface area contributed by atoms with Crippen LogP contribution in [-0.2, 0) is 10.9 Å². The van der Waals surface area contributed by atoms with Crippen LogP contribution >= 0.6 is 0 Å². The van der Waals surface area contributed by atoms with Crippen molar-refractivity contribution in [2.24, 2.45) is 0 Å². The topological polar surface area (TPSA) is 17.1 Å². The Morgan fingerprint density at radius 3 is 0.985 bits per heavy atom. The fourth-order valence-corrected chi connectivity index (χ4v) is 9.60. The van der Waals surface area contributed by atoms with Gasteiger partial charge in [0.05, 0.1) is 0 Å². The van der Waals surface area contributed by atoms with E-state index in [1.54, 1.807) is 0 Å². The minimum atomic E-state index is -7.22. The van der Waals surface area contributed by atoms with Gasteiger partial charge in [-0.2, -0.15) is 0 Å². The highest BCUT2D eigenvalue weighted by molar-refractivity contribution is 7.96. The molecule has 0 heterocycles. The largest absolute Gasteiger partial charge is 0.289 e. The van der Waals surface area contributed by atoms with Crippen LogP contribution in [0.3, 0.4) is 0 Å². The molecule has 0 aliphatic heterocycles. The smallest absolute Gasteiger partial charge is 0.212 e. The summed E-state index contributed by atoms with van der Waals surface area (Å²) in [6.07, 6.45) is 1.77. The lowest BCUT2D eigenvalue weighted by atomic mass is 9.12. The Kier molecular flexibility index (Phi) is 15.1. The van der Waals surface area contributed by atoms with Gasteiger partial charge in [-0.3, -0.25) is 4.79 Å². The van der Waals surface area contributed by atoms with Crippen LogP contribution in [0.1, 0.15) is 53.9 Å². The summed E-state index contributed by atoms with van der Waals surface area (Å²) in [5, 5.41) is 0. The second-order valence-electron chi connectivity index (χ2n) is 15.3. The van der Waals surface area contributed by atoms with Crippen LogP contribution in [0.2, 0.25) is 0 Å². The van der Waals surface area contributed by atoms with Gasteiger partial charge in [0.1, 0.15) is 58.9 Å². The molecule has 0 aromatic heterocycles. The molecule has 1 saturated carbocycles. The molecule has 6 aromatic rings. The van der Waals surface area contributed by atoms with E-state index in [0.717, 1.165) is 11.5 Å². The van der Waals surface area contributed by atoms with E-state index in [-0.39, 0.29) is 16.7 Å². The third-order valence-corrected chi connectivity index (χ3v) is 13.3. The van der Waals surface area contributed by atoms with Crippen LogP contribution in [0.25, 0.3) is 0 Å². The van der Waals surface area contributed by atoms with Crippen molar-refractivity contribution in [3.63, 3.8) is 0 Å². The molecule has 0 saturated heterocycles. The zero-order valence-electron chi connectivity index (χ0n) is 34.0. The van der Waals surface area contributed by atoms with E-state index in [4.69, 9.17) is 0 Å². The highest BCUT2D eigenvalue weighted by Crippen LogP contribution is 2.34. The van der Waals surface area contributed by atoms with Crippen molar-refractivity contribution >= 4 is 44.7 Å². The molecule has 0 amide bonds. The number of Topliss-reactive ketones (excluding diaryl/α,β-unsaturated/α-hetero) is 1. The molecule has 1 fully saturated rings. The summed E-state index contributed by atoms with van der Waals surface area (Å²) in [4.78, 5) is 13.6. The zero-order valence-corrected chi connectivity index (χ0v) is 34.8. The SMILES string of the molecule is C[S+](CC(=O)c1ccccc1)c1ccc(C2CCCCC2)cc1.Fc1c(F)c(F)c([B-](c2c(F)c(F)c(F)c(F)c2F)(c2c(F)c(F)c(F)c(F)c2F)c2c(F)c(F)c(F)c(F)c2F)c(F)c1F. The molecule has 1 aliphatic rings. The number of ketones is 1. The van der Waals surface area contributed by atoms with Crippen molar-refractivity contribution in [3.05, 3.63) is 182 Å². The maximum atomic E-state index is 15.4. The van der Waals surface area contributed by atoms with Crippen molar-refractivity contribution < 1.29 is 92.6 Å². The fourth-order valence-electron chi connectivity index (χ4n) is 8.27. The van der Waals surface area contributed by atoms with Gasteiger partial charge in [0.15, 0.2) is 80.5 Å². The van der Waals surface area contributed by atoms with Crippen LogP contribution < -0.4 is 21.9 Å². The predicted molar refractivity (Wildman–Crippen MR) is 209 cm³/mol. The Labute approximate surface area is 373 Å². The fraction of sp³-hybridized carbons (Fsp3) is 0.178. The monoisotopic (exact) mass is 1000 g/mol. The third-order valence-electron chi connectivity index (χ3n) is 11.5. The molecule has 360 valence electrons. The molecule has 1 unspecified atom stereocenters. The Hall–Kier alpha value is -6.00. The van der Waals surface area contributed by atoms with E-state index in [2.05, 4.69) is 30.5 Å². The van der Waals surface area contributed by atoms with Crippen molar-refractivity contribution in [1.29, 1.82) is 0 Å². The minimum Gasteiger partial charge on any atom is -0.289 e. The summed E-state index contributed by atoms with van der Waals surface area (Å²) >= 11 is 0. The van der Waals surface area contributed by atoms with Gasteiger partial charge in [-0.15, -0.1) is 21.9 Å². The van der Waals surface area contributed by atoms with Crippen LogP contribution in [0.5, 0.6) is 0 Å². The summed E-state index contributed by atoms with van der Waals surface area (Å²) < 4.78 is 294. The van der Waals surface area contributed by atoms with E-state index in [1.165, 1.54) is 42.6 Å². The molecule has 1 nitrogen and oxygen atoms in total. The molecule has 68 heavy (non-hydrogen) atoms. The van der Waals surface area contributed by atoms with E-state index in [1.807, 2.05) is 30.3 Å². The standard InChI is InChI=1S/C24BF20.C21H25OS/c26-5-1(6(27)14(35)21(42)13(5)34)25(2-7(28)15(36)22(43)16(37)8(2)29,3-9(30)17(38)23(44)18(39)10(3)31)4-11(32)19(40)24(45)20(41)12(4)33;1-23(16-21(22)19-10-6-3-7-11-19)20-14-12-18(13-15-20)17-8-4-2-5-9-17/h;3,6-7,10-15,17H,2,4-5,8-9,16H2,1H3/q-1;+1. The van der Waals surface area contributed by atoms with E-state index in [0.29, 0.717) is 5.75 Å². The minimum absolute atomic E-state index is 0.0267. The summed E-state index contributed by atoms with van der Waals surface area (Å²) in [5.74, 6) is -69.8. The average molecular weight is 1000 g/mol. The first-order valence-corrected chi connectivity index (χ1v) is 21.3. The number of carbonyl (C=O) groups is 1. The van der Waals surface area contributed by atoms with Crippen LogP contribution in [0, 0.1) is 116 Å². The van der Waals surface area contributed by atoms with Gasteiger partial charge in [0.2, 0.25) is 5.78 Å². The Morgan fingerprint density at radius 1 is 0.412 bits per heavy atom. The molecule has 6 aromatic carbocycles. The van der Waals surface area contributed by atoms with Gasteiger partial charge in [-0.1, -0.05) is 61.7 Å². The molecule has 0 bridgehead atoms. The van der Waals surface area contributed by atoms with Crippen molar-refractivity contribution in [3.8, 4) is 0 Å². The van der Waals surface area contributed by atoms with Gasteiger partial charge in [0.25, 0.3) is 0 Å². The van der Waals surface area contributed by atoms with E-state index < -0.39 is 144 Å². The first-order valence-electron chi connectivity index (χ1n) is 19.5. The molecule has 0 radical (unpaired) electrons. The third kappa shape index (κ3) is 8.58. The van der Waals surface area contributed by atoms with Gasteiger partial charge < -0.3 is 0 Å². The van der Waals surface area contributed by atoms with Crippen molar-refractivity contribution in [2.75, 3.05) is 12.0 Å². The first-order chi connectivity index (χ1) is 31.9. The summed E-state index contributed by atoms with van der Waals surface area (Å²) in [6.45, 7) is 0. The van der Waals surface area contributed by atoms with Crippen LogP contribution in [0.4, 0.5) is 87.8 Å². The number of hydrogen-bond acceptors (Lipinski definition) is 1. The van der Waals surface area contributed by atoms with E-state index >= 15 is 35.1 Å². The number of rotatable bonds is 9. The molecule has 1 aliphatic carbocycles. The predicted octanol–water partition coefficient (Wildman–Crippen LogP) is 11.1. The summed E-state index contributed by atoms with van der Waals surface area (Å²) in [5.41, 5.74) is -12.0. The molecule has 23 heteroatoms. The first kappa shape index (κ1) is 51.4. The Bertz CT molecular complexity index is 2560. The maximum Gasteiger partial charge on any atom is 0.212 e. The van der Waals surface area contributed by atoms with Crippen molar-refractivity contribution in [2.45, 2.75) is 42.9 Å². The molecule has 1 atom stereocenters. The molecular weight excluding hydrogens is 979 g/mol. The lowest BCUT2D eigenvalue weighted by molar-refractivity contribution is 0.102. The second-order valence-corrected chi connectivity index (χ2v) is 17.3. The van der Waals surface area contributed by atoms with Crippen molar-refractivity contribution in [1.82, 2.24) is 0 Å².